The van der Waals surface area contributed by atoms with Gasteiger partial charge in [0.2, 0.25) is 0 Å². The number of benzene rings is 1. The van der Waals surface area contributed by atoms with E-state index in [-0.39, 0.29) is 0 Å². The third kappa shape index (κ3) is 3.12. The number of Topliss-reactive ketones (excluding diaryl/α,β-unsaturated/α-hetero) is 1. The molecule has 2 unspecified atom stereocenters. The lowest BCUT2D eigenvalue weighted by Crippen LogP contribution is -2.37. The Kier molecular flexibility index (Phi) is 4.41. The zero-order valence-corrected chi connectivity index (χ0v) is 11.8. The number of hydrogen-bond donors (Lipinski definition) is 0. The molecular weight excluding hydrogens is 246 g/mol. The van der Waals surface area contributed by atoms with Crippen LogP contribution in [0.15, 0.2) is 24.3 Å². The zero-order valence-electron chi connectivity index (χ0n) is 11.0. The Balaban J connectivity index is 2.08. The molecule has 0 N–H and O–H groups in total. The standard InChI is InChI=1S/C15H20ClNO/c1-11(12-5-3-6-13(16)9-12)17(2)14-7-4-8-15(18)10-14/h3,5-6,9,11,14H,4,7-8,10H2,1-2H3. The average Bonchev–Trinajstić information content (AvgIpc) is 2.37. The monoisotopic (exact) mass is 265 g/mol. The maximum atomic E-state index is 11.5. The van der Waals surface area contributed by atoms with Crippen molar-refractivity contribution >= 4 is 17.4 Å². The van der Waals surface area contributed by atoms with Crippen molar-refractivity contribution in [3.05, 3.63) is 34.9 Å². The van der Waals surface area contributed by atoms with E-state index in [0.717, 1.165) is 24.3 Å². The summed E-state index contributed by atoms with van der Waals surface area (Å²) in [6.45, 7) is 2.17. The molecule has 0 aliphatic heterocycles. The first kappa shape index (κ1) is 13.6. The van der Waals surface area contributed by atoms with Crippen LogP contribution in [0.4, 0.5) is 0 Å². The van der Waals surface area contributed by atoms with Crippen LogP contribution in [0, 0.1) is 0 Å². The summed E-state index contributed by atoms with van der Waals surface area (Å²) in [5, 5.41) is 0.771. The van der Waals surface area contributed by atoms with Gasteiger partial charge in [-0.05, 0) is 44.5 Å². The second-order valence-electron chi connectivity index (χ2n) is 5.19. The Hall–Kier alpha value is -0.860. The van der Waals surface area contributed by atoms with Crippen LogP contribution in [0.2, 0.25) is 5.02 Å². The smallest absolute Gasteiger partial charge is 0.134 e. The molecule has 0 heterocycles. The number of ketones is 1. The fourth-order valence-corrected chi connectivity index (χ4v) is 2.87. The summed E-state index contributed by atoms with van der Waals surface area (Å²) in [4.78, 5) is 13.9. The lowest BCUT2D eigenvalue weighted by Gasteiger charge is -2.35. The highest BCUT2D eigenvalue weighted by molar-refractivity contribution is 6.30. The van der Waals surface area contributed by atoms with Gasteiger partial charge in [-0.1, -0.05) is 23.7 Å². The van der Waals surface area contributed by atoms with Gasteiger partial charge in [-0.25, -0.2) is 0 Å². The Morgan fingerprint density at radius 2 is 2.22 bits per heavy atom. The molecule has 0 amide bonds. The summed E-state index contributed by atoms with van der Waals surface area (Å²) in [5.41, 5.74) is 1.21. The van der Waals surface area contributed by atoms with Crippen LogP contribution >= 0.6 is 11.6 Å². The van der Waals surface area contributed by atoms with Crippen molar-refractivity contribution in [2.75, 3.05) is 7.05 Å². The second-order valence-corrected chi connectivity index (χ2v) is 5.62. The van der Waals surface area contributed by atoms with E-state index in [2.05, 4.69) is 24.9 Å². The van der Waals surface area contributed by atoms with Gasteiger partial charge in [0.15, 0.2) is 0 Å². The van der Waals surface area contributed by atoms with Crippen molar-refractivity contribution in [2.45, 2.75) is 44.7 Å². The SMILES string of the molecule is CC(c1cccc(Cl)c1)N(C)C1CCCC(=O)C1. The first-order chi connectivity index (χ1) is 8.58. The van der Waals surface area contributed by atoms with Gasteiger partial charge in [0.05, 0.1) is 0 Å². The van der Waals surface area contributed by atoms with E-state index in [4.69, 9.17) is 11.6 Å². The van der Waals surface area contributed by atoms with Gasteiger partial charge in [-0.3, -0.25) is 9.69 Å². The number of halogens is 1. The highest BCUT2D eigenvalue weighted by atomic mass is 35.5. The van der Waals surface area contributed by atoms with Crippen molar-refractivity contribution in [3.63, 3.8) is 0 Å². The number of hydrogen-bond acceptors (Lipinski definition) is 2. The van der Waals surface area contributed by atoms with Gasteiger partial charge < -0.3 is 0 Å². The van der Waals surface area contributed by atoms with Crippen LogP contribution in [0.3, 0.4) is 0 Å². The summed E-state index contributed by atoms with van der Waals surface area (Å²) in [6, 6.07) is 8.64. The van der Waals surface area contributed by atoms with Gasteiger partial charge in [-0.2, -0.15) is 0 Å². The normalized spacial score (nSPS) is 22.2. The van der Waals surface area contributed by atoms with E-state index in [1.54, 1.807) is 0 Å². The average molecular weight is 266 g/mol. The van der Waals surface area contributed by atoms with E-state index in [1.807, 2.05) is 18.2 Å². The summed E-state index contributed by atoms with van der Waals surface area (Å²) >= 11 is 6.03. The molecule has 0 saturated heterocycles. The molecule has 1 saturated carbocycles. The minimum atomic E-state index is 0.291. The maximum absolute atomic E-state index is 11.5. The Labute approximate surface area is 114 Å². The van der Waals surface area contributed by atoms with Crippen molar-refractivity contribution in [3.8, 4) is 0 Å². The van der Waals surface area contributed by atoms with Gasteiger partial charge in [-0.15, -0.1) is 0 Å². The summed E-state index contributed by atoms with van der Waals surface area (Å²) in [6.07, 6.45) is 3.60. The van der Waals surface area contributed by atoms with Crippen molar-refractivity contribution < 1.29 is 4.79 Å². The molecule has 1 fully saturated rings. The first-order valence-corrected chi connectivity index (χ1v) is 6.95. The lowest BCUT2D eigenvalue weighted by molar-refractivity contribution is -0.122. The highest BCUT2D eigenvalue weighted by Gasteiger charge is 2.26. The lowest BCUT2D eigenvalue weighted by atomic mass is 9.92. The Morgan fingerprint density at radius 1 is 1.44 bits per heavy atom. The van der Waals surface area contributed by atoms with Crippen LogP contribution in [-0.2, 0) is 4.79 Å². The molecule has 1 aliphatic carbocycles. The maximum Gasteiger partial charge on any atom is 0.134 e. The molecule has 18 heavy (non-hydrogen) atoms. The van der Waals surface area contributed by atoms with Crippen LogP contribution in [0.5, 0.6) is 0 Å². The molecule has 0 aromatic heterocycles. The van der Waals surface area contributed by atoms with Crippen LogP contribution in [0.1, 0.15) is 44.2 Å². The quantitative estimate of drug-likeness (QED) is 0.828. The van der Waals surface area contributed by atoms with E-state index in [0.29, 0.717) is 24.3 Å². The topological polar surface area (TPSA) is 20.3 Å². The molecule has 2 rings (SSSR count). The van der Waals surface area contributed by atoms with E-state index < -0.39 is 0 Å². The summed E-state index contributed by atoms with van der Waals surface area (Å²) in [7, 11) is 2.11. The molecule has 0 spiro atoms. The number of nitrogens with zero attached hydrogens (tertiary/aromatic N) is 1. The Bertz CT molecular complexity index is 432. The number of rotatable bonds is 3. The van der Waals surface area contributed by atoms with Gasteiger partial charge in [0, 0.05) is 29.9 Å². The molecule has 1 aromatic carbocycles. The number of carbonyl (C=O) groups excluding carboxylic acids is 1. The summed E-state index contributed by atoms with van der Waals surface area (Å²) < 4.78 is 0. The van der Waals surface area contributed by atoms with E-state index in [9.17, 15) is 4.79 Å². The fourth-order valence-electron chi connectivity index (χ4n) is 2.67. The molecule has 0 radical (unpaired) electrons. The minimum absolute atomic E-state index is 0.291. The van der Waals surface area contributed by atoms with Crippen molar-refractivity contribution in [1.82, 2.24) is 4.90 Å². The highest BCUT2D eigenvalue weighted by Crippen LogP contribution is 2.28. The molecule has 2 atom stereocenters. The molecule has 3 heteroatoms. The molecule has 2 nitrogen and oxygen atoms in total. The zero-order chi connectivity index (χ0) is 13.1. The fraction of sp³-hybridized carbons (Fsp3) is 0.533. The molecular formula is C15H20ClNO. The third-order valence-corrected chi connectivity index (χ3v) is 4.21. The van der Waals surface area contributed by atoms with Gasteiger partial charge in [0.25, 0.3) is 0 Å². The van der Waals surface area contributed by atoms with Gasteiger partial charge in [0.1, 0.15) is 5.78 Å². The van der Waals surface area contributed by atoms with Crippen LogP contribution in [0.25, 0.3) is 0 Å². The minimum Gasteiger partial charge on any atom is -0.300 e. The third-order valence-electron chi connectivity index (χ3n) is 3.97. The van der Waals surface area contributed by atoms with Crippen molar-refractivity contribution in [2.24, 2.45) is 0 Å². The van der Waals surface area contributed by atoms with Crippen molar-refractivity contribution in [1.29, 1.82) is 0 Å². The molecule has 0 bridgehead atoms. The van der Waals surface area contributed by atoms with Crippen LogP contribution < -0.4 is 0 Å². The largest absolute Gasteiger partial charge is 0.300 e. The number of carbonyl (C=O) groups is 1. The van der Waals surface area contributed by atoms with E-state index >= 15 is 0 Å². The first-order valence-electron chi connectivity index (χ1n) is 6.57. The molecule has 98 valence electrons. The summed E-state index contributed by atoms with van der Waals surface area (Å²) in [5.74, 6) is 0.399. The Morgan fingerprint density at radius 3 is 2.89 bits per heavy atom. The van der Waals surface area contributed by atoms with Gasteiger partial charge >= 0.3 is 0 Å². The molecule has 1 aromatic rings. The predicted molar refractivity (Wildman–Crippen MR) is 74.9 cm³/mol. The molecule has 1 aliphatic rings. The van der Waals surface area contributed by atoms with E-state index in [1.165, 1.54) is 5.56 Å². The van der Waals surface area contributed by atoms with Crippen LogP contribution in [-0.4, -0.2) is 23.8 Å². The predicted octanol–water partition coefficient (Wildman–Crippen LogP) is 3.84. The second kappa shape index (κ2) is 5.85.